The molecule has 0 N–H and O–H groups in total. The molecule has 1 heterocycles. The molecule has 0 saturated carbocycles. The number of halogens is 2. The molecule has 0 unspecified atom stereocenters. The molecule has 14 heavy (non-hydrogen) atoms. The van der Waals surface area contributed by atoms with Crippen molar-refractivity contribution in [1.29, 1.82) is 0 Å². The first kappa shape index (κ1) is 9.93. The molecule has 0 fully saturated rings. The largest absolute Gasteiger partial charge is 0.496 e. The van der Waals surface area contributed by atoms with Crippen LogP contribution in [0.3, 0.4) is 0 Å². The van der Waals surface area contributed by atoms with Gasteiger partial charge < -0.3 is 4.74 Å². The molecular formula is C10H7Br2NO. The number of benzene rings is 1. The Labute approximate surface area is 98.5 Å². The van der Waals surface area contributed by atoms with Crippen molar-refractivity contribution in [2.45, 2.75) is 0 Å². The van der Waals surface area contributed by atoms with Crippen molar-refractivity contribution in [1.82, 2.24) is 4.98 Å². The quantitative estimate of drug-likeness (QED) is 0.799. The minimum Gasteiger partial charge on any atom is -0.496 e. The molecule has 0 bridgehead atoms. The molecule has 0 amide bonds. The number of fused-ring (bicyclic) bond motifs is 1. The SMILES string of the molecule is COc1ccc(Br)c2ncc(Br)cc12. The summed E-state index contributed by atoms with van der Waals surface area (Å²) >= 11 is 6.84. The predicted molar refractivity (Wildman–Crippen MR) is 63.7 cm³/mol. The fourth-order valence-electron chi connectivity index (χ4n) is 1.31. The molecule has 4 heteroatoms. The molecule has 2 aromatic rings. The van der Waals surface area contributed by atoms with Crippen LogP contribution in [-0.2, 0) is 0 Å². The van der Waals surface area contributed by atoms with Crippen molar-refractivity contribution in [3.63, 3.8) is 0 Å². The minimum absolute atomic E-state index is 0.831. The maximum atomic E-state index is 5.26. The number of ether oxygens (including phenoxy) is 1. The molecule has 0 saturated heterocycles. The summed E-state index contributed by atoms with van der Waals surface area (Å²) in [6.07, 6.45) is 1.77. The number of methoxy groups -OCH3 is 1. The number of hydrogen-bond donors (Lipinski definition) is 0. The summed E-state index contributed by atoms with van der Waals surface area (Å²) in [5.74, 6) is 0.831. The van der Waals surface area contributed by atoms with Crippen molar-refractivity contribution in [3.8, 4) is 5.75 Å². The Morgan fingerprint density at radius 2 is 2.07 bits per heavy atom. The van der Waals surface area contributed by atoms with Gasteiger partial charge in [-0.15, -0.1) is 0 Å². The Bertz CT molecular complexity index is 485. The van der Waals surface area contributed by atoms with Gasteiger partial charge in [-0.1, -0.05) is 0 Å². The topological polar surface area (TPSA) is 22.1 Å². The van der Waals surface area contributed by atoms with Gasteiger partial charge in [0.15, 0.2) is 0 Å². The third-order valence-corrected chi connectivity index (χ3v) is 3.02. The average Bonchev–Trinajstić information content (AvgIpc) is 2.18. The Morgan fingerprint density at radius 3 is 2.79 bits per heavy atom. The summed E-state index contributed by atoms with van der Waals surface area (Å²) in [6, 6.07) is 5.84. The van der Waals surface area contributed by atoms with Crippen molar-refractivity contribution in [2.75, 3.05) is 7.11 Å². The minimum atomic E-state index is 0.831. The number of hydrogen-bond acceptors (Lipinski definition) is 2. The molecule has 0 aliphatic rings. The van der Waals surface area contributed by atoms with Crippen LogP contribution in [0.15, 0.2) is 33.3 Å². The molecule has 0 aliphatic heterocycles. The van der Waals surface area contributed by atoms with Crippen LogP contribution in [0.1, 0.15) is 0 Å². The highest BCUT2D eigenvalue weighted by Gasteiger charge is 2.06. The van der Waals surface area contributed by atoms with Gasteiger partial charge in [-0.3, -0.25) is 4.98 Å². The number of nitrogens with zero attached hydrogens (tertiary/aromatic N) is 1. The average molecular weight is 317 g/mol. The lowest BCUT2D eigenvalue weighted by Crippen LogP contribution is -1.87. The molecule has 2 nitrogen and oxygen atoms in total. The summed E-state index contributed by atoms with van der Waals surface area (Å²) in [5.41, 5.74) is 0.910. The summed E-state index contributed by atoms with van der Waals surface area (Å²) in [7, 11) is 1.66. The lowest BCUT2D eigenvalue weighted by Gasteiger charge is -2.06. The first-order valence-electron chi connectivity index (χ1n) is 4.00. The second-order valence-corrected chi connectivity index (χ2v) is 4.57. The Morgan fingerprint density at radius 1 is 1.29 bits per heavy atom. The summed E-state index contributed by atoms with van der Waals surface area (Å²) in [6.45, 7) is 0. The fraction of sp³-hybridized carbons (Fsp3) is 0.100. The van der Waals surface area contributed by atoms with Crippen LogP contribution in [0.25, 0.3) is 10.9 Å². The molecule has 0 aliphatic carbocycles. The van der Waals surface area contributed by atoms with Crippen LogP contribution in [0, 0.1) is 0 Å². The first-order valence-corrected chi connectivity index (χ1v) is 5.58. The molecule has 0 radical (unpaired) electrons. The van der Waals surface area contributed by atoms with Crippen LogP contribution < -0.4 is 4.74 Å². The van der Waals surface area contributed by atoms with Crippen molar-refractivity contribution < 1.29 is 4.74 Å². The van der Waals surface area contributed by atoms with Crippen LogP contribution in [0.2, 0.25) is 0 Å². The highest BCUT2D eigenvalue weighted by Crippen LogP contribution is 2.31. The van der Waals surface area contributed by atoms with Gasteiger partial charge in [0, 0.05) is 20.5 Å². The van der Waals surface area contributed by atoms with E-state index in [4.69, 9.17) is 4.74 Å². The van der Waals surface area contributed by atoms with Gasteiger partial charge in [0.25, 0.3) is 0 Å². The van der Waals surface area contributed by atoms with Crippen LogP contribution in [0.4, 0.5) is 0 Å². The standard InChI is InChI=1S/C10H7Br2NO/c1-14-9-3-2-8(12)10-7(9)4-6(11)5-13-10/h2-5H,1H3. The molecular weight excluding hydrogens is 310 g/mol. The van der Waals surface area contributed by atoms with Gasteiger partial charge in [-0.2, -0.15) is 0 Å². The zero-order valence-corrected chi connectivity index (χ0v) is 10.6. The normalized spacial score (nSPS) is 10.5. The number of aromatic nitrogens is 1. The zero-order valence-electron chi connectivity index (χ0n) is 7.42. The van der Waals surface area contributed by atoms with Crippen molar-refractivity contribution in [2.24, 2.45) is 0 Å². The summed E-state index contributed by atoms with van der Waals surface area (Å²) < 4.78 is 7.17. The van der Waals surface area contributed by atoms with Crippen molar-refractivity contribution >= 4 is 42.8 Å². The van der Waals surface area contributed by atoms with Gasteiger partial charge in [0.05, 0.1) is 12.6 Å². The van der Waals surface area contributed by atoms with Gasteiger partial charge in [0.1, 0.15) is 5.75 Å². The smallest absolute Gasteiger partial charge is 0.128 e. The van der Waals surface area contributed by atoms with Crippen molar-refractivity contribution in [3.05, 3.63) is 33.3 Å². The first-order chi connectivity index (χ1) is 6.72. The third-order valence-electron chi connectivity index (χ3n) is 1.95. The molecule has 0 atom stereocenters. The van der Waals surface area contributed by atoms with E-state index in [1.165, 1.54) is 0 Å². The second-order valence-electron chi connectivity index (χ2n) is 2.80. The van der Waals surface area contributed by atoms with E-state index in [0.717, 1.165) is 25.6 Å². The van der Waals surface area contributed by atoms with E-state index in [1.807, 2.05) is 18.2 Å². The van der Waals surface area contributed by atoms with E-state index in [1.54, 1.807) is 13.3 Å². The van der Waals surface area contributed by atoms with E-state index in [2.05, 4.69) is 36.8 Å². The number of pyridine rings is 1. The van der Waals surface area contributed by atoms with E-state index < -0.39 is 0 Å². The summed E-state index contributed by atoms with van der Waals surface area (Å²) in [4.78, 5) is 4.32. The number of rotatable bonds is 1. The highest BCUT2D eigenvalue weighted by atomic mass is 79.9. The zero-order chi connectivity index (χ0) is 10.1. The highest BCUT2D eigenvalue weighted by molar-refractivity contribution is 9.11. The van der Waals surface area contributed by atoms with Crippen LogP contribution in [0.5, 0.6) is 5.75 Å². The Kier molecular flexibility index (Phi) is 2.74. The van der Waals surface area contributed by atoms with E-state index in [0.29, 0.717) is 0 Å². The van der Waals surface area contributed by atoms with Gasteiger partial charge in [-0.05, 0) is 50.1 Å². The van der Waals surface area contributed by atoms with E-state index in [9.17, 15) is 0 Å². The van der Waals surface area contributed by atoms with Crippen LogP contribution in [-0.4, -0.2) is 12.1 Å². The molecule has 2 rings (SSSR count). The second kappa shape index (κ2) is 3.87. The van der Waals surface area contributed by atoms with E-state index in [-0.39, 0.29) is 0 Å². The molecule has 0 spiro atoms. The summed E-state index contributed by atoms with van der Waals surface area (Å²) in [5, 5.41) is 0.997. The van der Waals surface area contributed by atoms with Crippen LogP contribution >= 0.6 is 31.9 Å². The third kappa shape index (κ3) is 1.64. The lowest BCUT2D eigenvalue weighted by atomic mass is 10.2. The fourth-order valence-corrected chi connectivity index (χ4v) is 2.09. The molecule has 1 aromatic heterocycles. The molecule has 72 valence electrons. The van der Waals surface area contributed by atoms with E-state index >= 15 is 0 Å². The molecule has 1 aromatic carbocycles. The Balaban J connectivity index is 2.85. The van der Waals surface area contributed by atoms with Gasteiger partial charge >= 0.3 is 0 Å². The lowest BCUT2D eigenvalue weighted by molar-refractivity contribution is 0.419. The van der Waals surface area contributed by atoms with Gasteiger partial charge in [0.2, 0.25) is 0 Å². The maximum absolute atomic E-state index is 5.26. The Hall–Kier alpha value is -0.610. The van der Waals surface area contributed by atoms with Gasteiger partial charge in [-0.25, -0.2) is 0 Å². The maximum Gasteiger partial charge on any atom is 0.128 e. The predicted octanol–water partition coefficient (Wildman–Crippen LogP) is 3.77. The monoisotopic (exact) mass is 315 g/mol.